The van der Waals surface area contributed by atoms with Crippen LogP contribution < -0.4 is 15.4 Å². The summed E-state index contributed by atoms with van der Waals surface area (Å²) in [5.74, 6) is 0.544. The zero-order valence-electron chi connectivity index (χ0n) is 19.5. The lowest BCUT2D eigenvalue weighted by Crippen LogP contribution is -2.47. The Morgan fingerprint density at radius 3 is 2.29 bits per heavy atom. The van der Waals surface area contributed by atoms with Crippen LogP contribution in [0.3, 0.4) is 0 Å². The first-order valence-electron chi connectivity index (χ1n) is 10.6. The summed E-state index contributed by atoms with van der Waals surface area (Å²) >= 11 is 1.29. The summed E-state index contributed by atoms with van der Waals surface area (Å²) in [4.78, 5) is 25.4. The van der Waals surface area contributed by atoms with Crippen molar-refractivity contribution in [2.45, 2.75) is 60.4 Å². The van der Waals surface area contributed by atoms with Crippen molar-refractivity contribution in [2.75, 3.05) is 12.4 Å². The van der Waals surface area contributed by atoms with Gasteiger partial charge in [0.2, 0.25) is 16.9 Å². The van der Waals surface area contributed by atoms with Crippen LogP contribution in [0.15, 0.2) is 24.3 Å². The van der Waals surface area contributed by atoms with Crippen LogP contribution in [-0.2, 0) is 9.59 Å². The van der Waals surface area contributed by atoms with E-state index in [2.05, 4.69) is 48.5 Å². The van der Waals surface area contributed by atoms with Gasteiger partial charge in [0.25, 0.3) is 0 Å². The fourth-order valence-electron chi connectivity index (χ4n) is 3.51. The molecule has 2 rings (SSSR count). The minimum atomic E-state index is -0.636. The molecule has 0 saturated heterocycles. The van der Waals surface area contributed by atoms with E-state index in [-0.39, 0.29) is 29.1 Å². The SMILES string of the molecule is COc1ccc(-c2nnc(NC(=O)C(NC(=O)CC(C)CC(C)(C)C)C(C)C)s2)cc1. The van der Waals surface area contributed by atoms with Crippen LogP contribution in [0.1, 0.15) is 54.4 Å². The highest BCUT2D eigenvalue weighted by Gasteiger charge is 2.26. The van der Waals surface area contributed by atoms with Crippen LogP contribution >= 0.6 is 11.3 Å². The van der Waals surface area contributed by atoms with E-state index in [1.807, 2.05) is 38.1 Å². The Bertz CT molecular complexity index is 872. The Balaban J connectivity index is 1.99. The third-order valence-corrected chi connectivity index (χ3v) is 5.64. The Hall–Kier alpha value is -2.48. The van der Waals surface area contributed by atoms with Crippen molar-refractivity contribution < 1.29 is 14.3 Å². The number of anilines is 1. The monoisotopic (exact) mass is 446 g/mol. The number of benzene rings is 1. The molecule has 2 N–H and O–H groups in total. The molecule has 1 aromatic carbocycles. The molecule has 0 spiro atoms. The number of nitrogens with zero attached hydrogens (tertiary/aromatic N) is 2. The molecule has 1 heterocycles. The molecule has 170 valence electrons. The molecule has 0 aliphatic heterocycles. The van der Waals surface area contributed by atoms with Crippen LogP contribution in [0, 0.1) is 17.3 Å². The topological polar surface area (TPSA) is 93.2 Å². The highest BCUT2D eigenvalue weighted by molar-refractivity contribution is 7.18. The van der Waals surface area contributed by atoms with Crippen LogP contribution in [0.5, 0.6) is 5.75 Å². The molecule has 0 radical (unpaired) electrons. The molecule has 2 unspecified atom stereocenters. The van der Waals surface area contributed by atoms with Crippen LogP contribution in [0.2, 0.25) is 0 Å². The zero-order valence-corrected chi connectivity index (χ0v) is 20.3. The van der Waals surface area contributed by atoms with Crippen LogP contribution in [-0.4, -0.2) is 35.2 Å². The van der Waals surface area contributed by atoms with E-state index >= 15 is 0 Å². The van der Waals surface area contributed by atoms with Crippen LogP contribution in [0.4, 0.5) is 5.13 Å². The number of methoxy groups -OCH3 is 1. The Morgan fingerprint density at radius 1 is 1.10 bits per heavy atom. The molecule has 0 bridgehead atoms. The third-order valence-electron chi connectivity index (χ3n) is 4.75. The summed E-state index contributed by atoms with van der Waals surface area (Å²) < 4.78 is 5.17. The lowest BCUT2D eigenvalue weighted by molar-refractivity contribution is -0.128. The van der Waals surface area contributed by atoms with Gasteiger partial charge in [0, 0.05) is 12.0 Å². The maximum Gasteiger partial charge on any atom is 0.249 e. The van der Waals surface area contributed by atoms with Gasteiger partial charge in [-0.1, -0.05) is 52.9 Å². The average Bonchev–Trinajstić information content (AvgIpc) is 3.12. The van der Waals surface area contributed by atoms with Gasteiger partial charge < -0.3 is 10.1 Å². The second-order valence-corrected chi connectivity index (χ2v) is 10.5. The van der Waals surface area contributed by atoms with Crippen molar-refractivity contribution in [3.05, 3.63) is 24.3 Å². The standard InChI is InChI=1S/C23H34N4O3S/c1-14(2)19(24-18(28)12-15(3)13-23(4,5)6)20(29)25-22-27-26-21(31-22)16-8-10-17(30-7)11-9-16/h8-11,14-15,19H,12-13H2,1-7H3,(H,24,28)(H,25,27,29). The second kappa shape index (κ2) is 10.7. The van der Waals surface area contributed by atoms with E-state index in [9.17, 15) is 9.59 Å². The summed E-state index contributed by atoms with van der Waals surface area (Å²) in [5, 5.41) is 15.0. The molecular weight excluding hydrogens is 412 g/mol. The predicted octanol–water partition coefficient (Wildman–Crippen LogP) is 4.76. The van der Waals surface area contributed by atoms with Gasteiger partial charge in [-0.2, -0.15) is 0 Å². The third kappa shape index (κ3) is 7.94. The zero-order chi connectivity index (χ0) is 23.2. The number of aromatic nitrogens is 2. The first-order valence-corrected chi connectivity index (χ1v) is 11.4. The van der Waals surface area contributed by atoms with Gasteiger partial charge in [-0.15, -0.1) is 10.2 Å². The Morgan fingerprint density at radius 2 is 1.74 bits per heavy atom. The fourth-order valence-corrected chi connectivity index (χ4v) is 4.26. The number of carbonyl (C=O) groups is 2. The average molecular weight is 447 g/mol. The van der Waals surface area contributed by atoms with E-state index < -0.39 is 6.04 Å². The van der Waals surface area contributed by atoms with Crippen LogP contribution in [0.25, 0.3) is 10.6 Å². The highest BCUT2D eigenvalue weighted by Crippen LogP contribution is 2.28. The molecule has 31 heavy (non-hydrogen) atoms. The highest BCUT2D eigenvalue weighted by atomic mass is 32.1. The number of amides is 2. The summed E-state index contributed by atoms with van der Waals surface area (Å²) in [6, 6.07) is 6.84. The van der Waals surface area contributed by atoms with E-state index in [0.29, 0.717) is 16.6 Å². The molecule has 8 heteroatoms. The summed E-state index contributed by atoms with van der Waals surface area (Å²) in [6.07, 6.45) is 1.34. The minimum absolute atomic E-state index is 0.0594. The smallest absolute Gasteiger partial charge is 0.249 e. The largest absolute Gasteiger partial charge is 0.497 e. The summed E-state index contributed by atoms with van der Waals surface area (Å²) in [5.41, 5.74) is 1.05. The van der Waals surface area contributed by atoms with Crippen molar-refractivity contribution in [3.63, 3.8) is 0 Å². The maximum absolute atomic E-state index is 12.8. The number of rotatable bonds is 9. The van der Waals surface area contributed by atoms with E-state index in [0.717, 1.165) is 17.7 Å². The van der Waals surface area contributed by atoms with Crippen molar-refractivity contribution in [1.29, 1.82) is 0 Å². The molecule has 0 fully saturated rings. The van der Waals surface area contributed by atoms with Crippen molar-refractivity contribution in [1.82, 2.24) is 15.5 Å². The molecule has 7 nitrogen and oxygen atoms in total. The number of ether oxygens (including phenoxy) is 1. The summed E-state index contributed by atoms with van der Waals surface area (Å²) in [6.45, 7) is 12.4. The second-order valence-electron chi connectivity index (χ2n) is 9.49. The molecule has 1 aromatic heterocycles. The molecule has 0 aliphatic carbocycles. The molecule has 2 aromatic rings. The van der Waals surface area contributed by atoms with E-state index in [1.165, 1.54) is 11.3 Å². The normalized spacial score (nSPS) is 13.5. The van der Waals surface area contributed by atoms with Crippen molar-refractivity contribution in [3.8, 4) is 16.3 Å². The lowest BCUT2D eigenvalue weighted by atomic mass is 9.84. The predicted molar refractivity (Wildman–Crippen MR) is 125 cm³/mol. The fraction of sp³-hybridized carbons (Fsp3) is 0.565. The van der Waals surface area contributed by atoms with Gasteiger partial charge in [0.15, 0.2) is 0 Å². The van der Waals surface area contributed by atoms with Gasteiger partial charge in [-0.05, 0) is 47.9 Å². The molecule has 0 saturated carbocycles. The molecule has 0 aliphatic rings. The number of nitrogens with one attached hydrogen (secondary N) is 2. The van der Waals surface area contributed by atoms with Gasteiger partial charge in [-0.25, -0.2) is 0 Å². The van der Waals surface area contributed by atoms with Gasteiger partial charge in [0.05, 0.1) is 7.11 Å². The summed E-state index contributed by atoms with van der Waals surface area (Å²) in [7, 11) is 1.61. The maximum atomic E-state index is 12.8. The molecular formula is C23H34N4O3S. The number of hydrogen-bond donors (Lipinski definition) is 2. The first-order chi connectivity index (χ1) is 14.5. The Labute approximate surface area is 189 Å². The lowest BCUT2D eigenvalue weighted by Gasteiger charge is -2.25. The van der Waals surface area contributed by atoms with Crippen molar-refractivity contribution in [2.24, 2.45) is 17.3 Å². The van der Waals surface area contributed by atoms with Gasteiger partial charge in [0.1, 0.15) is 16.8 Å². The van der Waals surface area contributed by atoms with Gasteiger partial charge >= 0.3 is 0 Å². The number of carbonyl (C=O) groups excluding carboxylic acids is 2. The van der Waals surface area contributed by atoms with Crippen molar-refractivity contribution >= 4 is 28.3 Å². The first kappa shape index (κ1) is 24.8. The van der Waals surface area contributed by atoms with E-state index in [4.69, 9.17) is 4.74 Å². The van der Waals surface area contributed by atoms with E-state index in [1.54, 1.807) is 7.11 Å². The molecule has 2 amide bonds. The number of hydrogen-bond acceptors (Lipinski definition) is 6. The molecule has 2 atom stereocenters. The quantitative estimate of drug-likeness (QED) is 0.579. The van der Waals surface area contributed by atoms with Gasteiger partial charge in [-0.3, -0.25) is 14.9 Å². The Kier molecular flexibility index (Phi) is 8.56. The minimum Gasteiger partial charge on any atom is -0.497 e.